The van der Waals surface area contributed by atoms with Gasteiger partial charge in [0, 0.05) is 5.92 Å². The van der Waals surface area contributed by atoms with E-state index in [-0.39, 0.29) is 29.8 Å². The number of nitrogens with zero attached hydrogens (tertiary/aromatic N) is 3. The van der Waals surface area contributed by atoms with Crippen molar-refractivity contribution >= 4 is 11.9 Å². The Balaban J connectivity index is 2.42. The number of benzene rings is 1. The minimum Gasteiger partial charge on any atom is -0.481 e. The van der Waals surface area contributed by atoms with Gasteiger partial charge in [-0.25, -0.2) is 14.1 Å². The Kier molecular flexibility index (Phi) is 5.98. The van der Waals surface area contributed by atoms with Gasteiger partial charge in [-0.15, -0.1) is 5.10 Å². The fourth-order valence-electron chi connectivity index (χ4n) is 2.62. The van der Waals surface area contributed by atoms with Crippen molar-refractivity contribution in [1.82, 2.24) is 20.1 Å². The molecule has 0 aliphatic rings. The van der Waals surface area contributed by atoms with Crippen molar-refractivity contribution in [3.63, 3.8) is 0 Å². The third-order valence-corrected chi connectivity index (χ3v) is 4.62. The number of hydrogen-bond acceptors (Lipinski definition) is 4. The molecule has 1 aromatic carbocycles. The standard InChI is InChI=1S/C19H25FN4O3/c1-11(2)17-21-16(23-24(17)14-9-7-6-8-13(14)20)18(27)22-19(5,12(3)4)10-15(25)26/h6-9,11-12H,10H2,1-5H3,(H,22,27)(H,25,26). The zero-order valence-corrected chi connectivity index (χ0v) is 16.2. The van der Waals surface area contributed by atoms with Gasteiger partial charge >= 0.3 is 5.97 Å². The van der Waals surface area contributed by atoms with Crippen LogP contribution in [0.25, 0.3) is 5.69 Å². The first-order valence-corrected chi connectivity index (χ1v) is 8.81. The second kappa shape index (κ2) is 7.85. The number of amides is 1. The molecule has 0 bridgehead atoms. The van der Waals surface area contributed by atoms with Gasteiger partial charge in [0.2, 0.25) is 5.82 Å². The first-order valence-electron chi connectivity index (χ1n) is 8.81. The van der Waals surface area contributed by atoms with E-state index in [1.807, 2.05) is 27.7 Å². The van der Waals surface area contributed by atoms with Crippen molar-refractivity contribution in [2.24, 2.45) is 5.92 Å². The molecule has 27 heavy (non-hydrogen) atoms. The summed E-state index contributed by atoms with van der Waals surface area (Å²) in [6.07, 6.45) is -0.235. The summed E-state index contributed by atoms with van der Waals surface area (Å²) in [6, 6.07) is 6.11. The summed E-state index contributed by atoms with van der Waals surface area (Å²) >= 11 is 0. The highest BCUT2D eigenvalue weighted by atomic mass is 19.1. The minimum atomic E-state index is -1.01. The Morgan fingerprint density at radius 1 is 1.26 bits per heavy atom. The first kappa shape index (κ1) is 20.5. The van der Waals surface area contributed by atoms with Crippen molar-refractivity contribution in [1.29, 1.82) is 0 Å². The Labute approximate surface area is 157 Å². The minimum absolute atomic E-state index is 0.103. The van der Waals surface area contributed by atoms with Crippen LogP contribution in [0, 0.1) is 11.7 Å². The van der Waals surface area contributed by atoms with E-state index < -0.39 is 23.2 Å². The van der Waals surface area contributed by atoms with E-state index in [2.05, 4.69) is 15.4 Å². The summed E-state index contributed by atoms with van der Waals surface area (Å²) in [6.45, 7) is 9.06. The summed E-state index contributed by atoms with van der Waals surface area (Å²) in [5.41, 5.74) is -0.769. The van der Waals surface area contributed by atoms with Crippen LogP contribution in [-0.4, -0.2) is 37.3 Å². The third-order valence-electron chi connectivity index (χ3n) is 4.62. The van der Waals surface area contributed by atoms with E-state index >= 15 is 0 Å². The predicted molar refractivity (Wildman–Crippen MR) is 98.4 cm³/mol. The predicted octanol–water partition coefficient (Wildman–Crippen LogP) is 3.15. The molecule has 2 N–H and O–H groups in total. The van der Waals surface area contributed by atoms with Crippen LogP contribution in [-0.2, 0) is 4.79 Å². The van der Waals surface area contributed by atoms with E-state index in [9.17, 15) is 14.0 Å². The second-order valence-corrected chi connectivity index (χ2v) is 7.41. The van der Waals surface area contributed by atoms with Gasteiger partial charge in [0.1, 0.15) is 17.3 Å². The van der Waals surface area contributed by atoms with Crippen LogP contribution in [0.4, 0.5) is 4.39 Å². The number of hydrogen-bond donors (Lipinski definition) is 2. The van der Waals surface area contributed by atoms with Crippen LogP contribution in [0.15, 0.2) is 24.3 Å². The third kappa shape index (κ3) is 4.50. The molecule has 0 saturated carbocycles. The maximum Gasteiger partial charge on any atom is 0.305 e. The number of carboxylic acids is 1. The molecular weight excluding hydrogens is 351 g/mol. The summed E-state index contributed by atoms with van der Waals surface area (Å²) in [5, 5.41) is 16.1. The molecule has 2 aromatic rings. The molecule has 0 aliphatic carbocycles. The summed E-state index contributed by atoms with van der Waals surface area (Å²) in [5.74, 6) is -2.00. The zero-order valence-electron chi connectivity index (χ0n) is 16.2. The fraction of sp³-hybridized carbons (Fsp3) is 0.474. The van der Waals surface area contributed by atoms with Crippen LogP contribution < -0.4 is 5.32 Å². The average molecular weight is 376 g/mol. The lowest BCUT2D eigenvalue weighted by atomic mass is 9.85. The lowest BCUT2D eigenvalue weighted by Gasteiger charge is -2.32. The van der Waals surface area contributed by atoms with Crippen LogP contribution >= 0.6 is 0 Å². The summed E-state index contributed by atoms with van der Waals surface area (Å²) in [7, 11) is 0. The van der Waals surface area contributed by atoms with Crippen LogP contribution in [0.5, 0.6) is 0 Å². The van der Waals surface area contributed by atoms with Gasteiger partial charge < -0.3 is 10.4 Å². The average Bonchev–Trinajstić information content (AvgIpc) is 2.99. The van der Waals surface area contributed by atoms with E-state index in [1.165, 1.54) is 10.7 Å². The van der Waals surface area contributed by atoms with Crippen molar-refractivity contribution in [2.45, 2.75) is 52.5 Å². The summed E-state index contributed by atoms with van der Waals surface area (Å²) in [4.78, 5) is 28.2. The van der Waals surface area contributed by atoms with Crippen molar-refractivity contribution < 1.29 is 19.1 Å². The highest BCUT2D eigenvalue weighted by Crippen LogP contribution is 2.23. The molecule has 0 spiro atoms. The lowest BCUT2D eigenvalue weighted by molar-refractivity contribution is -0.138. The number of carboxylic acid groups (broad SMARTS) is 1. The summed E-state index contributed by atoms with van der Waals surface area (Å²) < 4.78 is 15.5. The Morgan fingerprint density at radius 3 is 2.41 bits per heavy atom. The van der Waals surface area contributed by atoms with Gasteiger partial charge in [0.25, 0.3) is 5.91 Å². The molecule has 8 heteroatoms. The highest BCUT2D eigenvalue weighted by molar-refractivity contribution is 5.91. The maximum atomic E-state index is 14.2. The molecule has 7 nitrogen and oxygen atoms in total. The molecule has 0 saturated heterocycles. The van der Waals surface area contributed by atoms with E-state index in [1.54, 1.807) is 25.1 Å². The highest BCUT2D eigenvalue weighted by Gasteiger charge is 2.34. The molecule has 2 rings (SSSR count). The van der Waals surface area contributed by atoms with Crippen molar-refractivity contribution in [2.75, 3.05) is 0 Å². The zero-order chi connectivity index (χ0) is 20.4. The quantitative estimate of drug-likeness (QED) is 0.774. The monoisotopic (exact) mass is 376 g/mol. The number of rotatable bonds is 7. The second-order valence-electron chi connectivity index (χ2n) is 7.41. The molecule has 0 fully saturated rings. The molecule has 1 unspecified atom stereocenters. The molecule has 1 atom stereocenters. The van der Waals surface area contributed by atoms with Gasteiger partial charge in [0.15, 0.2) is 0 Å². The van der Waals surface area contributed by atoms with E-state index in [0.29, 0.717) is 5.82 Å². The normalized spacial score (nSPS) is 13.6. The molecule has 146 valence electrons. The largest absolute Gasteiger partial charge is 0.481 e. The van der Waals surface area contributed by atoms with Crippen molar-refractivity contribution in [3.05, 3.63) is 41.7 Å². The molecule has 1 aromatic heterocycles. The molecule has 1 amide bonds. The molecule has 1 heterocycles. The number of aromatic nitrogens is 3. The maximum absolute atomic E-state index is 14.2. The van der Waals surface area contributed by atoms with Crippen LogP contribution in [0.2, 0.25) is 0 Å². The Bertz CT molecular complexity index is 847. The Hall–Kier alpha value is -2.77. The lowest BCUT2D eigenvalue weighted by Crippen LogP contribution is -2.51. The topological polar surface area (TPSA) is 97.1 Å². The molecular formula is C19H25FN4O3. The number of carbonyl (C=O) groups is 2. The Morgan fingerprint density at radius 2 is 1.89 bits per heavy atom. The van der Waals surface area contributed by atoms with Crippen LogP contribution in [0.3, 0.4) is 0 Å². The van der Waals surface area contributed by atoms with Gasteiger partial charge in [0.05, 0.1) is 12.0 Å². The van der Waals surface area contributed by atoms with Gasteiger partial charge in [-0.1, -0.05) is 39.8 Å². The number of para-hydroxylation sites is 1. The van der Waals surface area contributed by atoms with Gasteiger partial charge in [-0.3, -0.25) is 9.59 Å². The van der Waals surface area contributed by atoms with Gasteiger partial charge in [-0.05, 0) is 25.0 Å². The number of aliphatic carboxylic acids is 1. The molecule has 0 radical (unpaired) electrons. The van der Waals surface area contributed by atoms with E-state index in [0.717, 1.165) is 0 Å². The number of halogens is 1. The van der Waals surface area contributed by atoms with Gasteiger partial charge in [-0.2, -0.15) is 0 Å². The number of nitrogens with one attached hydrogen (secondary N) is 1. The van der Waals surface area contributed by atoms with Crippen LogP contribution in [0.1, 0.15) is 63.4 Å². The smallest absolute Gasteiger partial charge is 0.305 e. The number of carbonyl (C=O) groups excluding carboxylic acids is 1. The van der Waals surface area contributed by atoms with E-state index in [4.69, 9.17) is 5.11 Å². The SMILES string of the molecule is CC(C)c1nc(C(=O)NC(C)(CC(=O)O)C(C)C)nn1-c1ccccc1F. The molecule has 0 aliphatic heterocycles. The first-order chi connectivity index (χ1) is 12.5. The van der Waals surface area contributed by atoms with Crippen molar-refractivity contribution in [3.8, 4) is 5.69 Å². The fourth-order valence-corrected chi connectivity index (χ4v) is 2.62.